The van der Waals surface area contributed by atoms with Gasteiger partial charge in [0.1, 0.15) is 6.07 Å². The number of piperidine rings is 1. The standard InChI is InChI=1S/C14H17N3O2/c1-2-11-5-7-16(8-6-11)14-4-3-13(17(18)19)9-12(14)10-15/h3-4,9,11H,2,5-8H2,1H3. The second kappa shape index (κ2) is 5.70. The van der Waals surface area contributed by atoms with Crippen molar-refractivity contribution in [3.05, 3.63) is 33.9 Å². The molecule has 1 heterocycles. The maximum atomic E-state index is 10.7. The van der Waals surface area contributed by atoms with Crippen LogP contribution in [0.5, 0.6) is 0 Å². The van der Waals surface area contributed by atoms with Gasteiger partial charge in [-0.15, -0.1) is 0 Å². The van der Waals surface area contributed by atoms with E-state index in [9.17, 15) is 10.1 Å². The van der Waals surface area contributed by atoms with E-state index in [1.807, 2.05) is 0 Å². The van der Waals surface area contributed by atoms with Gasteiger partial charge in [0.05, 0.1) is 16.2 Å². The average Bonchev–Trinajstić information content (AvgIpc) is 2.46. The van der Waals surface area contributed by atoms with Gasteiger partial charge in [0.2, 0.25) is 0 Å². The van der Waals surface area contributed by atoms with Crippen molar-refractivity contribution in [2.24, 2.45) is 5.92 Å². The van der Waals surface area contributed by atoms with Crippen molar-refractivity contribution in [2.45, 2.75) is 26.2 Å². The van der Waals surface area contributed by atoms with Crippen LogP contribution < -0.4 is 4.90 Å². The summed E-state index contributed by atoms with van der Waals surface area (Å²) in [6.07, 6.45) is 3.44. The van der Waals surface area contributed by atoms with Crippen LogP contribution in [-0.2, 0) is 0 Å². The lowest BCUT2D eigenvalue weighted by Gasteiger charge is -2.33. The Morgan fingerprint density at radius 3 is 2.68 bits per heavy atom. The van der Waals surface area contributed by atoms with E-state index in [1.54, 1.807) is 6.07 Å². The summed E-state index contributed by atoms with van der Waals surface area (Å²) in [7, 11) is 0. The molecule has 0 aromatic heterocycles. The molecule has 5 heteroatoms. The van der Waals surface area contributed by atoms with Crippen LogP contribution in [0, 0.1) is 27.4 Å². The number of hydrogen-bond acceptors (Lipinski definition) is 4. The predicted octanol–water partition coefficient (Wildman–Crippen LogP) is 3.09. The van der Waals surface area contributed by atoms with Gasteiger partial charge in [-0.1, -0.05) is 13.3 Å². The molecule has 1 aromatic carbocycles. The van der Waals surface area contributed by atoms with Crippen molar-refractivity contribution in [1.82, 2.24) is 0 Å². The third-order valence-electron chi connectivity index (χ3n) is 3.84. The zero-order valence-corrected chi connectivity index (χ0v) is 11.0. The fourth-order valence-corrected chi connectivity index (χ4v) is 2.59. The first kappa shape index (κ1) is 13.3. The lowest BCUT2D eigenvalue weighted by atomic mass is 9.94. The highest BCUT2D eigenvalue weighted by Gasteiger charge is 2.21. The molecule has 0 atom stereocenters. The molecule has 1 aliphatic rings. The number of non-ortho nitro benzene ring substituents is 1. The first-order valence-corrected chi connectivity index (χ1v) is 6.59. The molecule has 1 aliphatic heterocycles. The highest BCUT2D eigenvalue weighted by Crippen LogP contribution is 2.29. The third kappa shape index (κ3) is 2.84. The molecule has 2 rings (SSSR count). The van der Waals surface area contributed by atoms with Crippen LogP contribution in [0.25, 0.3) is 0 Å². The van der Waals surface area contributed by atoms with Crippen LogP contribution in [0.1, 0.15) is 31.7 Å². The second-order valence-electron chi connectivity index (χ2n) is 4.91. The van der Waals surface area contributed by atoms with E-state index in [2.05, 4.69) is 17.9 Å². The Morgan fingerprint density at radius 1 is 1.47 bits per heavy atom. The minimum absolute atomic E-state index is 0.0243. The Hall–Kier alpha value is -2.09. The second-order valence-corrected chi connectivity index (χ2v) is 4.91. The molecule has 0 radical (unpaired) electrons. The smallest absolute Gasteiger partial charge is 0.270 e. The Kier molecular flexibility index (Phi) is 4.00. The highest BCUT2D eigenvalue weighted by molar-refractivity contribution is 5.63. The van der Waals surface area contributed by atoms with Crippen LogP contribution in [0.3, 0.4) is 0 Å². The van der Waals surface area contributed by atoms with Gasteiger partial charge in [-0.2, -0.15) is 5.26 Å². The fourth-order valence-electron chi connectivity index (χ4n) is 2.59. The number of nitro benzene ring substituents is 1. The molecule has 0 amide bonds. The zero-order chi connectivity index (χ0) is 13.8. The Balaban J connectivity index is 2.21. The van der Waals surface area contributed by atoms with Crippen molar-refractivity contribution in [3.8, 4) is 6.07 Å². The molecule has 100 valence electrons. The van der Waals surface area contributed by atoms with Crippen molar-refractivity contribution in [2.75, 3.05) is 18.0 Å². The average molecular weight is 259 g/mol. The van der Waals surface area contributed by atoms with E-state index in [-0.39, 0.29) is 5.69 Å². The van der Waals surface area contributed by atoms with Gasteiger partial charge in [0, 0.05) is 25.2 Å². The Bertz CT molecular complexity index is 514. The number of nitrogens with zero attached hydrogens (tertiary/aromatic N) is 3. The molecule has 0 unspecified atom stereocenters. The molecular formula is C14H17N3O2. The fraction of sp³-hybridized carbons (Fsp3) is 0.500. The molecular weight excluding hydrogens is 242 g/mol. The van der Waals surface area contributed by atoms with Crippen molar-refractivity contribution >= 4 is 11.4 Å². The van der Waals surface area contributed by atoms with Gasteiger partial charge in [0.15, 0.2) is 0 Å². The summed E-state index contributed by atoms with van der Waals surface area (Å²) in [4.78, 5) is 12.4. The minimum atomic E-state index is -0.464. The van der Waals surface area contributed by atoms with Gasteiger partial charge >= 0.3 is 0 Å². The quantitative estimate of drug-likeness (QED) is 0.617. The SMILES string of the molecule is CCC1CCN(c2ccc([N+](=O)[O-])cc2C#N)CC1. The molecule has 1 saturated heterocycles. The van der Waals surface area contributed by atoms with Crippen LogP contribution >= 0.6 is 0 Å². The van der Waals surface area contributed by atoms with E-state index in [0.717, 1.165) is 37.5 Å². The van der Waals surface area contributed by atoms with Crippen LogP contribution in [0.2, 0.25) is 0 Å². The number of nitro groups is 1. The summed E-state index contributed by atoms with van der Waals surface area (Å²) in [6.45, 7) is 4.04. The predicted molar refractivity (Wildman–Crippen MR) is 73.0 cm³/mol. The molecule has 1 fully saturated rings. The Labute approximate surface area is 112 Å². The first-order valence-electron chi connectivity index (χ1n) is 6.59. The number of rotatable bonds is 3. The van der Waals surface area contributed by atoms with E-state index in [1.165, 1.54) is 18.6 Å². The van der Waals surface area contributed by atoms with Crippen molar-refractivity contribution < 1.29 is 4.92 Å². The van der Waals surface area contributed by atoms with Crippen molar-refractivity contribution in [3.63, 3.8) is 0 Å². The lowest BCUT2D eigenvalue weighted by molar-refractivity contribution is -0.384. The summed E-state index contributed by atoms with van der Waals surface area (Å²) in [5, 5.41) is 19.9. The van der Waals surface area contributed by atoms with E-state index >= 15 is 0 Å². The summed E-state index contributed by atoms with van der Waals surface area (Å²) >= 11 is 0. The van der Waals surface area contributed by atoms with Crippen molar-refractivity contribution in [1.29, 1.82) is 5.26 Å². The zero-order valence-electron chi connectivity index (χ0n) is 11.0. The summed E-state index contributed by atoms with van der Waals surface area (Å²) in [6, 6.07) is 6.60. The van der Waals surface area contributed by atoms with Gasteiger partial charge in [-0.05, 0) is 24.8 Å². The first-order chi connectivity index (χ1) is 9.15. The van der Waals surface area contributed by atoms with E-state index in [4.69, 9.17) is 5.26 Å². The number of hydrogen-bond donors (Lipinski definition) is 0. The Morgan fingerprint density at radius 2 is 2.16 bits per heavy atom. The minimum Gasteiger partial charge on any atom is -0.370 e. The molecule has 5 nitrogen and oxygen atoms in total. The number of anilines is 1. The molecule has 0 saturated carbocycles. The molecule has 1 aromatic rings. The van der Waals surface area contributed by atoms with E-state index < -0.39 is 4.92 Å². The lowest BCUT2D eigenvalue weighted by Crippen LogP contribution is -2.33. The monoisotopic (exact) mass is 259 g/mol. The molecule has 0 bridgehead atoms. The summed E-state index contributed by atoms with van der Waals surface area (Å²) in [5.41, 5.74) is 1.19. The topological polar surface area (TPSA) is 70.2 Å². The summed E-state index contributed by atoms with van der Waals surface area (Å²) < 4.78 is 0. The molecule has 0 aliphatic carbocycles. The number of nitriles is 1. The molecule has 19 heavy (non-hydrogen) atoms. The van der Waals surface area contributed by atoms with Crippen LogP contribution in [0.15, 0.2) is 18.2 Å². The van der Waals surface area contributed by atoms with E-state index in [0.29, 0.717) is 5.56 Å². The summed E-state index contributed by atoms with van der Waals surface area (Å²) in [5.74, 6) is 0.764. The maximum Gasteiger partial charge on any atom is 0.270 e. The normalized spacial score (nSPS) is 16.1. The maximum absolute atomic E-state index is 10.7. The van der Waals surface area contributed by atoms with Crippen LogP contribution in [-0.4, -0.2) is 18.0 Å². The van der Waals surface area contributed by atoms with Gasteiger partial charge in [-0.25, -0.2) is 0 Å². The highest BCUT2D eigenvalue weighted by atomic mass is 16.6. The van der Waals surface area contributed by atoms with Crippen LogP contribution in [0.4, 0.5) is 11.4 Å². The van der Waals surface area contributed by atoms with Gasteiger partial charge in [-0.3, -0.25) is 10.1 Å². The largest absolute Gasteiger partial charge is 0.370 e. The molecule has 0 N–H and O–H groups in total. The molecule has 0 spiro atoms. The number of benzene rings is 1. The van der Waals surface area contributed by atoms with Gasteiger partial charge < -0.3 is 4.90 Å². The third-order valence-corrected chi connectivity index (χ3v) is 3.84. The van der Waals surface area contributed by atoms with Gasteiger partial charge in [0.25, 0.3) is 5.69 Å².